The van der Waals surface area contributed by atoms with Gasteiger partial charge in [-0.15, -0.1) is 0 Å². The van der Waals surface area contributed by atoms with Gasteiger partial charge >= 0.3 is 6.18 Å². The molecule has 23 heavy (non-hydrogen) atoms. The predicted octanol–water partition coefficient (Wildman–Crippen LogP) is 4.50. The molecule has 3 nitrogen and oxygen atoms in total. The van der Waals surface area contributed by atoms with E-state index in [1.165, 1.54) is 6.07 Å². The first-order valence-corrected chi connectivity index (χ1v) is 7.02. The van der Waals surface area contributed by atoms with Crippen molar-refractivity contribution in [2.45, 2.75) is 12.7 Å². The van der Waals surface area contributed by atoms with Crippen LogP contribution in [0.3, 0.4) is 0 Å². The average Bonchev–Trinajstić information content (AvgIpc) is 3.02. The lowest BCUT2D eigenvalue weighted by Gasteiger charge is -2.09. The summed E-state index contributed by atoms with van der Waals surface area (Å²) in [7, 11) is 0. The van der Waals surface area contributed by atoms with E-state index in [1.807, 2.05) is 24.3 Å². The summed E-state index contributed by atoms with van der Waals surface area (Å²) in [6, 6.07) is 12.7. The molecule has 0 atom stereocenters. The molecule has 3 aromatic rings. The molecule has 0 unspecified atom stereocenters. The summed E-state index contributed by atoms with van der Waals surface area (Å²) >= 11 is 0. The summed E-state index contributed by atoms with van der Waals surface area (Å²) in [6.45, 7) is 0.549. The van der Waals surface area contributed by atoms with Crippen LogP contribution in [0.5, 0.6) is 0 Å². The van der Waals surface area contributed by atoms with Crippen molar-refractivity contribution in [2.75, 3.05) is 5.32 Å². The highest BCUT2D eigenvalue weighted by Crippen LogP contribution is 2.30. The molecule has 0 saturated heterocycles. The van der Waals surface area contributed by atoms with Gasteiger partial charge in [0.15, 0.2) is 0 Å². The summed E-state index contributed by atoms with van der Waals surface area (Å²) in [6.07, 6.45) is 0.836. The van der Waals surface area contributed by atoms with Crippen molar-refractivity contribution in [3.8, 4) is 5.69 Å². The van der Waals surface area contributed by atoms with Gasteiger partial charge < -0.3 is 9.88 Å². The van der Waals surface area contributed by atoms with Crippen LogP contribution < -0.4 is 5.32 Å². The zero-order chi connectivity index (χ0) is 16.3. The topological polar surface area (TPSA) is 29.9 Å². The zero-order valence-corrected chi connectivity index (χ0v) is 12.1. The summed E-state index contributed by atoms with van der Waals surface area (Å²) in [5, 5.41) is 3.19. The van der Waals surface area contributed by atoms with Crippen LogP contribution in [0.15, 0.2) is 67.1 Å². The minimum Gasteiger partial charge on any atom is -0.378 e. The monoisotopic (exact) mass is 317 g/mol. The van der Waals surface area contributed by atoms with Crippen LogP contribution in [-0.4, -0.2) is 9.55 Å². The van der Waals surface area contributed by atoms with Gasteiger partial charge in [0.1, 0.15) is 0 Å². The van der Waals surface area contributed by atoms with Gasteiger partial charge in [0.05, 0.1) is 23.5 Å². The maximum absolute atomic E-state index is 12.8. The second-order valence-electron chi connectivity index (χ2n) is 5.03. The molecule has 1 N–H and O–H groups in total. The number of rotatable bonds is 4. The Hall–Kier alpha value is -2.76. The lowest BCUT2D eigenvalue weighted by atomic mass is 10.2. The number of aromatic nitrogens is 2. The number of hydrogen-bond acceptors (Lipinski definition) is 2. The molecule has 2 aromatic heterocycles. The number of pyridine rings is 1. The maximum atomic E-state index is 12.8. The number of halogens is 3. The molecule has 0 spiro atoms. The first-order chi connectivity index (χ1) is 11.0. The molecule has 0 radical (unpaired) electrons. The SMILES string of the molecule is FC(F)(F)c1cccc(-n2ccc(NCc3ccccn3)c2)c1. The molecule has 0 aliphatic carbocycles. The van der Waals surface area contributed by atoms with Crippen molar-refractivity contribution < 1.29 is 13.2 Å². The summed E-state index contributed by atoms with van der Waals surface area (Å²) in [4.78, 5) is 4.20. The van der Waals surface area contributed by atoms with Crippen molar-refractivity contribution in [3.05, 3.63) is 78.4 Å². The highest BCUT2D eigenvalue weighted by Gasteiger charge is 2.30. The van der Waals surface area contributed by atoms with Crippen molar-refractivity contribution >= 4 is 5.69 Å². The van der Waals surface area contributed by atoms with E-state index in [0.717, 1.165) is 23.5 Å². The second kappa shape index (κ2) is 6.16. The fraction of sp³-hybridized carbons (Fsp3) is 0.118. The Morgan fingerprint density at radius 3 is 2.65 bits per heavy atom. The molecule has 0 aliphatic heterocycles. The molecule has 2 heterocycles. The van der Waals surface area contributed by atoms with Crippen LogP contribution in [0.4, 0.5) is 18.9 Å². The maximum Gasteiger partial charge on any atom is 0.416 e. The Morgan fingerprint density at radius 2 is 1.91 bits per heavy atom. The fourth-order valence-electron chi connectivity index (χ4n) is 2.20. The van der Waals surface area contributed by atoms with Gasteiger partial charge in [-0.05, 0) is 36.4 Å². The van der Waals surface area contributed by atoms with E-state index in [-0.39, 0.29) is 0 Å². The zero-order valence-electron chi connectivity index (χ0n) is 12.1. The first-order valence-electron chi connectivity index (χ1n) is 7.02. The lowest BCUT2D eigenvalue weighted by molar-refractivity contribution is -0.137. The molecular weight excluding hydrogens is 303 g/mol. The molecule has 118 valence electrons. The lowest BCUT2D eigenvalue weighted by Crippen LogP contribution is -2.05. The number of benzene rings is 1. The van der Waals surface area contributed by atoms with Crippen LogP contribution in [-0.2, 0) is 12.7 Å². The third-order valence-corrected chi connectivity index (χ3v) is 3.36. The summed E-state index contributed by atoms with van der Waals surface area (Å²) < 4.78 is 40.0. The van der Waals surface area contributed by atoms with E-state index in [4.69, 9.17) is 0 Å². The van der Waals surface area contributed by atoms with E-state index in [2.05, 4.69) is 10.3 Å². The molecule has 0 aliphatic rings. The van der Waals surface area contributed by atoms with Crippen LogP contribution in [0.1, 0.15) is 11.3 Å². The summed E-state index contributed by atoms with van der Waals surface area (Å²) in [5.41, 5.74) is 1.50. The second-order valence-corrected chi connectivity index (χ2v) is 5.03. The molecular formula is C17H14F3N3. The largest absolute Gasteiger partial charge is 0.416 e. The van der Waals surface area contributed by atoms with Gasteiger partial charge in [-0.3, -0.25) is 4.98 Å². The van der Waals surface area contributed by atoms with Crippen molar-refractivity contribution in [1.29, 1.82) is 0 Å². The van der Waals surface area contributed by atoms with Gasteiger partial charge in [-0.2, -0.15) is 13.2 Å². The van der Waals surface area contributed by atoms with Gasteiger partial charge in [0.2, 0.25) is 0 Å². The molecule has 3 rings (SSSR count). The molecule has 0 bridgehead atoms. The van der Waals surface area contributed by atoms with Crippen molar-refractivity contribution in [1.82, 2.24) is 9.55 Å². The van der Waals surface area contributed by atoms with E-state index in [0.29, 0.717) is 12.2 Å². The molecule has 0 amide bonds. The van der Waals surface area contributed by atoms with E-state index < -0.39 is 11.7 Å². The number of nitrogens with zero attached hydrogens (tertiary/aromatic N) is 2. The highest BCUT2D eigenvalue weighted by molar-refractivity contribution is 5.47. The number of anilines is 1. The average molecular weight is 317 g/mol. The minimum atomic E-state index is -4.34. The van der Waals surface area contributed by atoms with Crippen molar-refractivity contribution in [2.24, 2.45) is 0 Å². The standard InChI is InChI=1S/C17H14F3N3/c18-17(19,20)13-4-3-6-16(10-13)23-9-7-15(12-23)22-11-14-5-1-2-8-21-14/h1-10,12,22H,11H2. The predicted molar refractivity (Wildman–Crippen MR) is 82.3 cm³/mol. The van der Waals surface area contributed by atoms with Gasteiger partial charge in [0.25, 0.3) is 0 Å². The molecule has 1 aromatic carbocycles. The quantitative estimate of drug-likeness (QED) is 0.767. The van der Waals surface area contributed by atoms with Crippen LogP contribution in [0.2, 0.25) is 0 Å². The van der Waals surface area contributed by atoms with E-state index in [9.17, 15) is 13.2 Å². The first kappa shape index (κ1) is 15.1. The van der Waals surface area contributed by atoms with Crippen LogP contribution in [0, 0.1) is 0 Å². The van der Waals surface area contributed by atoms with E-state index in [1.54, 1.807) is 29.2 Å². The Kier molecular flexibility index (Phi) is 4.06. The van der Waals surface area contributed by atoms with Crippen molar-refractivity contribution in [3.63, 3.8) is 0 Å². The van der Waals surface area contributed by atoms with Gasteiger partial charge in [-0.25, -0.2) is 0 Å². The Labute approximate surface area is 131 Å². The van der Waals surface area contributed by atoms with Gasteiger partial charge in [0, 0.05) is 24.3 Å². The molecule has 0 saturated carbocycles. The van der Waals surface area contributed by atoms with Gasteiger partial charge in [-0.1, -0.05) is 12.1 Å². The summed E-state index contributed by atoms with van der Waals surface area (Å²) in [5.74, 6) is 0. The number of alkyl halides is 3. The van der Waals surface area contributed by atoms with E-state index >= 15 is 0 Å². The Bertz CT molecular complexity index is 779. The highest BCUT2D eigenvalue weighted by atomic mass is 19.4. The number of nitrogens with one attached hydrogen (secondary N) is 1. The van der Waals surface area contributed by atoms with Crippen LogP contribution >= 0.6 is 0 Å². The third kappa shape index (κ3) is 3.71. The molecule has 0 fully saturated rings. The van der Waals surface area contributed by atoms with Crippen LogP contribution in [0.25, 0.3) is 5.69 Å². The Balaban J connectivity index is 1.74. The Morgan fingerprint density at radius 1 is 1.04 bits per heavy atom. The smallest absolute Gasteiger partial charge is 0.378 e. The fourth-order valence-corrected chi connectivity index (χ4v) is 2.20. The molecule has 6 heteroatoms. The third-order valence-electron chi connectivity index (χ3n) is 3.36. The minimum absolute atomic E-state index is 0.464. The number of hydrogen-bond donors (Lipinski definition) is 1. The normalized spacial score (nSPS) is 11.4.